The van der Waals surface area contributed by atoms with Gasteiger partial charge in [0.25, 0.3) is 0 Å². The number of hydrogen-bond acceptors (Lipinski definition) is 8. The van der Waals surface area contributed by atoms with Crippen LogP contribution in [0.15, 0.2) is 55.1 Å². The summed E-state index contributed by atoms with van der Waals surface area (Å²) in [5.41, 5.74) is 2.08. The molecule has 0 saturated carbocycles. The van der Waals surface area contributed by atoms with Crippen LogP contribution < -0.4 is 5.32 Å². The van der Waals surface area contributed by atoms with Crippen molar-refractivity contribution in [2.45, 2.75) is 37.5 Å². The van der Waals surface area contributed by atoms with Crippen LogP contribution >= 0.6 is 0 Å². The van der Waals surface area contributed by atoms with Crippen LogP contribution in [0.4, 0.5) is 5.82 Å². The number of anilines is 1. The lowest BCUT2D eigenvalue weighted by Crippen LogP contribution is -2.33. The van der Waals surface area contributed by atoms with Crippen molar-refractivity contribution in [2.24, 2.45) is 0 Å². The number of ether oxygens (including phenoxy) is 1. The molecule has 31 heavy (non-hydrogen) atoms. The molecule has 4 aromatic rings. The van der Waals surface area contributed by atoms with Gasteiger partial charge in [-0.05, 0) is 29.3 Å². The number of fused-ring (bicyclic) bond motifs is 2. The van der Waals surface area contributed by atoms with E-state index >= 15 is 0 Å². The van der Waals surface area contributed by atoms with Gasteiger partial charge in [0.15, 0.2) is 23.2 Å². The monoisotopic (exact) mass is 421 g/mol. The Kier molecular flexibility index (Phi) is 5.03. The molecule has 1 unspecified atom stereocenters. The van der Waals surface area contributed by atoms with Gasteiger partial charge in [-0.15, -0.1) is 0 Å². The van der Waals surface area contributed by atoms with Gasteiger partial charge in [-0.25, -0.2) is 15.0 Å². The number of aromatic nitrogens is 4. The molecule has 9 nitrogen and oxygen atoms in total. The Morgan fingerprint density at radius 3 is 2.65 bits per heavy atom. The first kappa shape index (κ1) is 19.8. The van der Waals surface area contributed by atoms with Crippen molar-refractivity contribution in [1.29, 1.82) is 0 Å². The number of aliphatic hydroxyl groups is 3. The predicted molar refractivity (Wildman–Crippen MR) is 114 cm³/mol. The van der Waals surface area contributed by atoms with E-state index in [9.17, 15) is 15.3 Å². The van der Waals surface area contributed by atoms with Gasteiger partial charge in [0.1, 0.15) is 24.6 Å². The second-order valence-corrected chi connectivity index (χ2v) is 7.75. The minimum absolute atomic E-state index is 0.0400. The Morgan fingerprint density at radius 2 is 1.87 bits per heavy atom. The lowest BCUT2D eigenvalue weighted by atomic mass is 10.0. The number of aliphatic hydroxyl groups excluding tert-OH is 3. The fourth-order valence-corrected chi connectivity index (χ4v) is 4.02. The van der Waals surface area contributed by atoms with Crippen LogP contribution in [-0.4, -0.2) is 59.8 Å². The summed E-state index contributed by atoms with van der Waals surface area (Å²) in [6.07, 6.45) is -1.28. The third-order valence-electron chi connectivity index (χ3n) is 5.78. The standard InChI is InChI=1S/C22H23N5O4/c1-12(14-7-6-13-4-2-3-5-15(13)8-14)26-20-17-21(24-10-23-20)27(11-25-17)22-19(30)18(29)16(9-28)31-22/h2-8,10-12,16,18-19,22,28-30H,9H2,1H3,(H,23,24,26)/t12?,16-,18-,19-,22-/m1/s1. The van der Waals surface area contributed by atoms with E-state index in [1.54, 1.807) is 4.57 Å². The fourth-order valence-electron chi connectivity index (χ4n) is 4.02. The summed E-state index contributed by atoms with van der Waals surface area (Å²) in [6, 6.07) is 14.5. The average molecular weight is 421 g/mol. The van der Waals surface area contributed by atoms with Gasteiger partial charge in [0.05, 0.1) is 19.0 Å². The highest BCUT2D eigenvalue weighted by Crippen LogP contribution is 2.32. The SMILES string of the molecule is CC(Nc1ncnc2c1ncn2[C@@H]1O[C@H](CO)[C@@H](O)[C@H]1O)c1ccc2ccccc2c1. The summed E-state index contributed by atoms with van der Waals surface area (Å²) < 4.78 is 7.16. The second-order valence-electron chi connectivity index (χ2n) is 7.75. The fraction of sp³-hybridized carbons (Fsp3) is 0.318. The number of benzene rings is 2. The van der Waals surface area contributed by atoms with Crippen molar-refractivity contribution in [3.05, 3.63) is 60.7 Å². The Balaban J connectivity index is 1.44. The van der Waals surface area contributed by atoms with E-state index in [1.165, 1.54) is 18.0 Å². The molecule has 0 amide bonds. The molecular weight excluding hydrogens is 398 g/mol. The van der Waals surface area contributed by atoms with E-state index in [1.807, 2.05) is 19.1 Å². The number of nitrogens with zero attached hydrogens (tertiary/aromatic N) is 4. The van der Waals surface area contributed by atoms with Crippen molar-refractivity contribution in [2.75, 3.05) is 11.9 Å². The van der Waals surface area contributed by atoms with E-state index < -0.39 is 31.1 Å². The van der Waals surface area contributed by atoms with Crippen LogP contribution in [0.3, 0.4) is 0 Å². The first-order chi connectivity index (χ1) is 15.1. The molecule has 160 valence electrons. The minimum Gasteiger partial charge on any atom is -0.394 e. The maximum Gasteiger partial charge on any atom is 0.167 e. The summed E-state index contributed by atoms with van der Waals surface area (Å²) in [4.78, 5) is 13.1. The van der Waals surface area contributed by atoms with Crippen molar-refractivity contribution >= 4 is 27.8 Å². The molecule has 5 rings (SSSR count). The van der Waals surface area contributed by atoms with Crippen LogP contribution in [0.25, 0.3) is 21.9 Å². The molecule has 0 radical (unpaired) electrons. The summed E-state index contributed by atoms with van der Waals surface area (Å²) in [6.45, 7) is 1.65. The molecule has 2 aromatic carbocycles. The first-order valence-corrected chi connectivity index (χ1v) is 10.1. The summed E-state index contributed by atoms with van der Waals surface area (Å²) in [7, 11) is 0. The minimum atomic E-state index is -1.21. The molecular formula is C22H23N5O4. The van der Waals surface area contributed by atoms with E-state index in [4.69, 9.17) is 4.74 Å². The van der Waals surface area contributed by atoms with E-state index in [0.29, 0.717) is 17.0 Å². The third-order valence-corrected chi connectivity index (χ3v) is 5.78. The molecule has 0 aliphatic carbocycles. The molecule has 0 bridgehead atoms. The lowest BCUT2D eigenvalue weighted by molar-refractivity contribution is -0.0511. The molecule has 3 heterocycles. The van der Waals surface area contributed by atoms with Crippen molar-refractivity contribution in [3.8, 4) is 0 Å². The van der Waals surface area contributed by atoms with Crippen LogP contribution in [0.5, 0.6) is 0 Å². The smallest absolute Gasteiger partial charge is 0.167 e. The van der Waals surface area contributed by atoms with Gasteiger partial charge in [-0.3, -0.25) is 4.57 Å². The molecule has 4 N–H and O–H groups in total. The summed E-state index contributed by atoms with van der Waals surface area (Å²) >= 11 is 0. The highest BCUT2D eigenvalue weighted by atomic mass is 16.6. The molecule has 1 saturated heterocycles. The third kappa shape index (κ3) is 3.41. The summed E-state index contributed by atoms with van der Waals surface area (Å²) in [5, 5.41) is 35.5. The van der Waals surface area contributed by atoms with Crippen molar-refractivity contribution < 1.29 is 20.1 Å². The van der Waals surface area contributed by atoms with Gasteiger partial charge in [0, 0.05) is 0 Å². The van der Waals surface area contributed by atoms with E-state index in [0.717, 1.165) is 10.9 Å². The van der Waals surface area contributed by atoms with E-state index in [2.05, 4.69) is 50.6 Å². The van der Waals surface area contributed by atoms with Crippen LogP contribution in [0, 0.1) is 0 Å². The number of rotatable bonds is 5. The lowest BCUT2D eigenvalue weighted by Gasteiger charge is -2.17. The predicted octanol–water partition coefficient (Wildman–Crippen LogP) is 1.76. The molecule has 0 spiro atoms. The quantitative estimate of drug-likeness (QED) is 0.384. The van der Waals surface area contributed by atoms with E-state index in [-0.39, 0.29) is 6.04 Å². The van der Waals surface area contributed by atoms with Crippen LogP contribution in [0.1, 0.15) is 24.8 Å². The Hall–Kier alpha value is -3.11. The molecule has 1 fully saturated rings. The molecule has 5 atom stereocenters. The zero-order valence-corrected chi connectivity index (χ0v) is 16.8. The number of hydrogen-bond donors (Lipinski definition) is 4. The number of nitrogens with one attached hydrogen (secondary N) is 1. The molecule has 1 aliphatic heterocycles. The van der Waals surface area contributed by atoms with Gasteiger partial charge >= 0.3 is 0 Å². The second kappa shape index (κ2) is 7.86. The van der Waals surface area contributed by atoms with Gasteiger partial charge in [-0.2, -0.15) is 0 Å². The molecule has 1 aliphatic rings. The Bertz CT molecular complexity index is 1230. The van der Waals surface area contributed by atoms with Gasteiger partial charge in [0.2, 0.25) is 0 Å². The summed E-state index contributed by atoms with van der Waals surface area (Å²) in [5.74, 6) is 0.552. The molecule has 9 heteroatoms. The maximum atomic E-state index is 10.3. The van der Waals surface area contributed by atoms with Gasteiger partial charge < -0.3 is 25.4 Å². The first-order valence-electron chi connectivity index (χ1n) is 10.1. The maximum absolute atomic E-state index is 10.3. The average Bonchev–Trinajstić information content (AvgIpc) is 3.35. The highest BCUT2D eigenvalue weighted by molar-refractivity contribution is 5.84. The molecule has 2 aromatic heterocycles. The normalized spacial score (nSPS) is 24.6. The largest absolute Gasteiger partial charge is 0.394 e. The van der Waals surface area contributed by atoms with Crippen molar-refractivity contribution in [1.82, 2.24) is 19.5 Å². The zero-order chi connectivity index (χ0) is 21.5. The zero-order valence-electron chi connectivity index (χ0n) is 16.8. The highest BCUT2D eigenvalue weighted by Gasteiger charge is 2.44. The Morgan fingerprint density at radius 1 is 1.06 bits per heavy atom. The Labute approximate surface area is 178 Å². The van der Waals surface area contributed by atoms with Gasteiger partial charge in [-0.1, -0.05) is 36.4 Å². The van der Waals surface area contributed by atoms with Crippen LogP contribution in [-0.2, 0) is 4.74 Å². The number of imidazole rings is 1. The van der Waals surface area contributed by atoms with Crippen molar-refractivity contribution in [3.63, 3.8) is 0 Å². The topological polar surface area (TPSA) is 126 Å². The van der Waals surface area contributed by atoms with Crippen LogP contribution in [0.2, 0.25) is 0 Å².